The fourth-order valence-electron chi connectivity index (χ4n) is 3.19. The molecule has 7 heteroatoms. The van der Waals surface area contributed by atoms with E-state index in [1.807, 2.05) is 0 Å². The zero-order valence-corrected chi connectivity index (χ0v) is 13.8. The van der Waals surface area contributed by atoms with Gasteiger partial charge >= 0.3 is 0 Å². The Morgan fingerprint density at radius 3 is 2.78 bits per heavy atom. The van der Waals surface area contributed by atoms with E-state index in [1.165, 1.54) is 24.6 Å². The first-order valence-corrected chi connectivity index (χ1v) is 9.65. The summed E-state index contributed by atoms with van der Waals surface area (Å²) in [5.74, 6) is -1.19. The summed E-state index contributed by atoms with van der Waals surface area (Å²) in [4.78, 5) is 0. The van der Waals surface area contributed by atoms with Crippen molar-refractivity contribution in [2.45, 2.75) is 49.7 Å². The summed E-state index contributed by atoms with van der Waals surface area (Å²) in [6, 6.07) is 5.61. The van der Waals surface area contributed by atoms with E-state index >= 15 is 0 Å². The highest BCUT2D eigenvalue weighted by Gasteiger charge is 2.42. The molecular formula is C16H22FNO4S. The fraction of sp³-hybridized carbons (Fsp3) is 0.625. The van der Waals surface area contributed by atoms with Crippen molar-refractivity contribution in [3.63, 3.8) is 0 Å². The molecule has 1 spiro atoms. The van der Waals surface area contributed by atoms with Gasteiger partial charge in [0.05, 0.1) is 18.5 Å². The van der Waals surface area contributed by atoms with Crippen LogP contribution in [-0.2, 0) is 25.2 Å². The molecule has 2 aliphatic rings. The van der Waals surface area contributed by atoms with Crippen LogP contribution in [0, 0.1) is 5.82 Å². The normalized spacial score (nSPS) is 24.1. The quantitative estimate of drug-likeness (QED) is 0.891. The lowest BCUT2D eigenvalue weighted by Crippen LogP contribution is -2.37. The van der Waals surface area contributed by atoms with Gasteiger partial charge < -0.3 is 9.47 Å². The number of rotatable bonds is 5. The van der Waals surface area contributed by atoms with Gasteiger partial charge in [-0.3, -0.25) is 0 Å². The van der Waals surface area contributed by atoms with Gasteiger partial charge in [-0.1, -0.05) is 18.6 Å². The first kappa shape index (κ1) is 16.8. The molecule has 1 aromatic carbocycles. The van der Waals surface area contributed by atoms with E-state index in [0.29, 0.717) is 12.2 Å². The molecule has 1 heterocycles. The van der Waals surface area contributed by atoms with Crippen molar-refractivity contribution >= 4 is 10.0 Å². The van der Waals surface area contributed by atoms with Gasteiger partial charge in [-0.2, -0.15) is 0 Å². The Morgan fingerprint density at radius 1 is 1.26 bits per heavy atom. The minimum atomic E-state index is -3.53. The minimum absolute atomic E-state index is 0.180. The zero-order valence-electron chi connectivity index (χ0n) is 13.0. The number of hydrogen-bond acceptors (Lipinski definition) is 4. The van der Waals surface area contributed by atoms with E-state index < -0.39 is 21.6 Å². The molecule has 2 fully saturated rings. The summed E-state index contributed by atoms with van der Waals surface area (Å²) < 4.78 is 51.6. The summed E-state index contributed by atoms with van der Waals surface area (Å²) in [5.41, 5.74) is 0.421. The molecule has 0 aromatic heterocycles. The van der Waals surface area contributed by atoms with Crippen LogP contribution < -0.4 is 4.72 Å². The Balaban J connectivity index is 1.51. The summed E-state index contributed by atoms with van der Waals surface area (Å²) in [6.07, 6.45) is 4.84. The summed E-state index contributed by atoms with van der Waals surface area (Å²) >= 11 is 0. The molecule has 1 aromatic rings. The molecule has 1 saturated heterocycles. The average molecular weight is 343 g/mol. The highest BCUT2D eigenvalue weighted by Crippen LogP contribution is 2.37. The third-order valence-electron chi connectivity index (χ3n) is 4.31. The molecule has 0 bridgehead atoms. The molecule has 1 saturated carbocycles. The third-order valence-corrected chi connectivity index (χ3v) is 5.63. The Hall–Kier alpha value is -1.02. The molecule has 23 heavy (non-hydrogen) atoms. The molecule has 0 unspecified atom stereocenters. The minimum Gasteiger partial charge on any atom is -0.347 e. The Labute approximate surface area is 136 Å². The first-order valence-electron chi connectivity index (χ1n) is 8.00. The van der Waals surface area contributed by atoms with Crippen LogP contribution >= 0.6 is 0 Å². The van der Waals surface area contributed by atoms with Crippen LogP contribution in [0.3, 0.4) is 0 Å². The van der Waals surface area contributed by atoms with Crippen LogP contribution in [0.4, 0.5) is 4.39 Å². The lowest BCUT2D eigenvalue weighted by atomic mass is 9.94. The van der Waals surface area contributed by atoms with Crippen LogP contribution in [0.2, 0.25) is 0 Å². The van der Waals surface area contributed by atoms with Crippen LogP contribution in [0.5, 0.6) is 0 Å². The van der Waals surface area contributed by atoms with Crippen molar-refractivity contribution in [2.75, 3.05) is 13.2 Å². The van der Waals surface area contributed by atoms with E-state index in [4.69, 9.17) is 9.47 Å². The average Bonchev–Trinajstić information content (AvgIpc) is 2.88. The van der Waals surface area contributed by atoms with Gasteiger partial charge in [-0.15, -0.1) is 0 Å². The largest absolute Gasteiger partial charge is 0.347 e. The van der Waals surface area contributed by atoms with Crippen molar-refractivity contribution in [2.24, 2.45) is 0 Å². The number of halogens is 1. The molecular weight excluding hydrogens is 321 g/mol. The Kier molecular flexibility index (Phi) is 5.01. The highest BCUT2D eigenvalue weighted by molar-refractivity contribution is 7.88. The molecule has 128 valence electrons. The molecule has 0 radical (unpaired) electrons. The van der Waals surface area contributed by atoms with Crippen molar-refractivity contribution in [1.29, 1.82) is 0 Å². The van der Waals surface area contributed by atoms with Gasteiger partial charge in [0.15, 0.2) is 5.79 Å². The van der Waals surface area contributed by atoms with E-state index in [0.717, 1.165) is 25.7 Å². The Morgan fingerprint density at radius 2 is 2.04 bits per heavy atom. The van der Waals surface area contributed by atoms with E-state index in [-0.39, 0.29) is 18.4 Å². The molecule has 3 rings (SSSR count). The standard InChI is InChI=1S/C16H22FNO4S/c17-14-6-4-5-13(9-14)12-23(19,20)18-10-15-11-21-16(22-15)7-2-1-3-8-16/h4-6,9,15,18H,1-3,7-8,10-12H2/t15-/m1/s1. The molecule has 1 aliphatic heterocycles. The smallest absolute Gasteiger partial charge is 0.215 e. The van der Waals surface area contributed by atoms with Crippen LogP contribution in [-0.4, -0.2) is 33.5 Å². The van der Waals surface area contributed by atoms with Crippen molar-refractivity contribution in [3.8, 4) is 0 Å². The first-order chi connectivity index (χ1) is 11.0. The predicted molar refractivity (Wildman–Crippen MR) is 83.7 cm³/mol. The summed E-state index contributed by atoms with van der Waals surface area (Å²) in [6.45, 7) is 0.585. The topological polar surface area (TPSA) is 64.6 Å². The Bertz CT molecular complexity index is 643. The molecule has 1 aliphatic carbocycles. The van der Waals surface area contributed by atoms with E-state index in [2.05, 4.69) is 4.72 Å². The SMILES string of the molecule is O=S(=O)(Cc1cccc(F)c1)NC[C@@H]1COC2(CCCCC2)O1. The maximum absolute atomic E-state index is 13.1. The number of benzene rings is 1. The second-order valence-corrected chi connectivity index (χ2v) is 8.07. The van der Waals surface area contributed by atoms with E-state index in [9.17, 15) is 12.8 Å². The molecule has 1 atom stereocenters. The summed E-state index contributed by atoms with van der Waals surface area (Å²) in [5, 5.41) is 0. The van der Waals surface area contributed by atoms with Gasteiger partial charge in [-0.25, -0.2) is 17.5 Å². The molecule has 5 nitrogen and oxygen atoms in total. The van der Waals surface area contributed by atoms with Crippen molar-refractivity contribution in [1.82, 2.24) is 4.72 Å². The highest BCUT2D eigenvalue weighted by atomic mass is 32.2. The van der Waals surface area contributed by atoms with Gasteiger partial charge in [0.2, 0.25) is 10.0 Å². The third kappa shape index (κ3) is 4.50. The van der Waals surface area contributed by atoms with Crippen molar-refractivity contribution < 1.29 is 22.3 Å². The predicted octanol–water partition coefficient (Wildman–Crippen LogP) is 2.32. The van der Waals surface area contributed by atoms with Gasteiger partial charge in [0.1, 0.15) is 5.82 Å². The van der Waals surface area contributed by atoms with Crippen molar-refractivity contribution in [3.05, 3.63) is 35.6 Å². The van der Waals surface area contributed by atoms with Crippen LogP contribution in [0.15, 0.2) is 24.3 Å². The fourth-order valence-corrected chi connectivity index (χ4v) is 4.35. The van der Waals surface area contributed by atoms with Crippen LogP contribution in [0.1, 0.15) is 37.7 Å². The monoisotopic (exact) mass is 343 g/mol. The van der Waals surface area contributed by atoms with Gasteiger partial charge in [0.25, 0.3) is 0 Å². The summed E-state index contributed by atoms with van der Waals surface area (Å²) in [7, 11) is -3.53. The maximum Gasteiger partial charge on any atom is 0.215 e. The molecule has 1 N–H and O–H groups in total. The lowest BCUT2D eigenvalue weighted by Gasteiger charge is -2.31. The maximum atomic E-state index is 13.1. The number of hydrogen-bond donors (Lipinski definition) is 1. The second-order valence-electron chi connectivity index (χ2n) is 6.26. The second kappa shape index (κ2) is 6.84. The van der Waals surface area contributed by atoms with E-state index in [1.54, 1.807) is 6.07 Å². The van der Waals surface area contributed by atoms with Gasteiger partial charge in [-0.05, 0) is 30.5 Å². The van der Waals surface area contributed by atoms with Gasteiger partial charge in [0, 0.05) is 19.4 Å². The number of ether oxygens (including phenoxy) is 2. The zero-order chi connectivity index (χ0) is 16.3. The lowest BCUT2D eigenvalue weighted by molar-refractivity contribution is -0.186. The number of sulfonamides is 1. The number of nitrogens with one attached hydrogen (secondary N) is 1. The molecule has 0 amide bonds. The van der Waals surface area contributed by atoms with Crippen LogP contribution in [0.25, 0.3) is 0 Å².